The van der Waals surface area contributed by atoms with Gasteiger partial charge in [0.1, 0.15) is 12.4 Å². The zero-order valence-electron chi connectivity index (χ0n) is 13.0. The first kappa shape index (κ1) is 15.4. The molecule has 0 atom stereocenters. The molecule has 0 amide bonds. The van der Waals surface area contributed by atoms with Gasteiger partial charge in [0.2, 0.25) is 0 Å². The Morgan fingerprint density at radius 1 is 0.905 bits per heavy atom. The van der Waals surface area contributed by atoms with Crippen LogP contribution in [0.3, 0.4) is 0 Å². The SMILES string of the molecule is COCCOc1ccc(NCc2c(C)cccc2C)cc1. The van der Waals surface area contributed by atoms with Gasteiger partial charge in [-0.15, -0.1) is 0 Å². The van der Waals surface area contributed by atoms with E-state index in [-0.39, 0.29) is 0 Å². The summed E-state index contributed by atoms with van der Waals surface area (Å²) in [5, 5.41) is 3.46. The molecule has 0 aliphatic rings. The average Bonchev–Trinajstić information content (AvgIpc) is 2.48. The molecule has 0 saturated heterocycles. The van der Waals surface area contributed by atoms with Crippen LogP contribution in [-0.2, 0) is 11.3 Å². The standard InChI is InChI=1S/C18H23NO2/c1-14-5-4-6-15(2)18(14)13-19-16-7-9-17(10-8-16)21-12-11-20-3/h4-10,19H,11-13H2,1-3H3. The lowest BCUT2D eigenvalue weighted by Crippen LogP contribution is -2.05. The fourth-order valence-corrected chi connectivity index (χ4v) is 2.23. The van der Waals surface area contributed by atoms with Crippen molar-refractivity contribution >= 4 is 5.69 Å². The van der Waals surface area contributed by atoms with Crippen LogP contribution in [0.1, 0.15) is 16.7 Å². The molecule has 0 unspecified atom stereocenters. The number of anilines is 1. The fourth-order valence-electron chi connectivity index (χ4n) is 2.23. The van der Waals surface area contributed by atoms with E-state index in [0.717, 1.165) is 18.0 Å². The van der Waals surface area contributed by atoms with Gasteiger partial charge in [-0.25, -0.2) is 0 Å². The lowest BCUT2D eigenvalue weighted by molar-refractivity contribution is 0.146. The van der Waals surface area contributed by atoms with Gasteiger partial charge >= 0.3 is 0 Å². The highest BCUT2D eigenvalue weighted by Crippen LogP contribution is 2.18. The molecule has 2 rings (SSSR count). The summed E-state index contributed by atoms with van der Waals surface area (Å²) >= 11 is 0. The average molecular weight is 285 g/mol. The van der Waals surface area contributed by atoms with Gasteiger partial charge in [-0.1, -0.05) is 18.2 Å². The highest BCUT2D eigenvalue weighted by atomic mass is 16.5. The van der Waals surface area contributed by atoms with Gasteiger partial charge in [0.25, 0.3) is 0 Å². The van der Waals surface area contributed by atoms with Crippen molar-refractivity contribution in [2.75, 3.05) is 25.6 Å². The molecule has 0 aliphatic carbocycles. The smallest absolute Gasteiger partial charge is 0.119 e. The molecular weight excluding hydrogens is 262 g/mol. The van der Waals surface area contributed by atoms with E-state index in [1.807, 2.05) is 24.3 Å². The maximum absolute atomic E-state index is 5.55. The van der Waals surface area contributed by atoms with E-state index in [9.17, 15) is 0 Å². The zero-order valence-corrected chi connectivity index (χ0v) is 13.0. The van der Waals surface area contributed by atoms with Crippen molar-refractivity contribution in [2.24, 2.45) is 0 Å². The van der Waals surface area contributed by atoms with Crippen LogP contribution < -0.4 is 10.1 Å². The first-order chi connectivity index (χ1) is 10.2. The molecule has 0 spiro atoms. The molecule has 0 aliphatic heterocycles. The number of nitrogens with one attached hydrogen (secondary N) is 1. The van der Waals surface area contributed by atoms with Crippen molar-refractivity contribution in [1.82, 2.24) is 0 Å². The van der Waals surface area contributed by atoms with Crippen LogP contribution in [-0.4, -0.2) is 20.3 Å². The molecule has 21 heavy (non-hydrogen) atoms. The van der Waals surface area contributed by atoms with Crippen LogP contribution >= 0.6 is 0 Å². The first-order valence-corrected chi connectivity index (χ1v) is 7.21. The minimum absolute atomic E-state index is 0.575. The van der Waals surface area contributed by atoms with Crippen molar-refractivity contribution in [1.29, 1.82) is 0 Å². The third-order valence-corrected chi connectivity index (χ3v) is 3.52. The third-order valence-electron chi connectivity index (χ3n) is 3.52. The van der Waals surface area contributed by atoms with E-state index in [2.05, 4.69) is 37.4 Å². The Balaban J connectivity index is 1.92. The number of hydrogen-bond acceptors (Lipinski definition) is 3. The van der Waals surface area contributed by atoms with E-state index < -0.39 is 0 Å². The molecule has 3 nitrogen and oxygen atoms in total. The predicted molar refractivity (Wildman–Crippen MR) is 87.1 cm³/mol. The third kappa shape index (κ3) is 4.50. The second-order valence-corrected chi connectivity index (χ2v) is 5.09. The predicted octanol–water partition coefficient (Wildman–Crippen LogP) is 3.94. The summed E-state index contributed by atoms with van der Waals surface area (Å²) in [5.74, 6) is 0.865. The molecule has 0 heterocycles. The van der Waals surface area contributed by atoms with Crippen LogP contribution in [0.5, 0.6) is 5.75 Å². The van der Waals surface area contributed by atoms with Crippen LogP contribution in [0.25, 0.3) is 0 Å². The van der Waals surface area contributed by atoms with Crippen LogP contribution in [0.2, 0.25) is 0 Å². The number of hydrogen-bond donors (Lipinski definition) is 1. The van der Waals surface area contributed by atoms with Gasteiger partial charge in [-0.2, -0.15) is 0 Å². The number of benzene rings is 2. The summed E-state index contributed by atoms with van der Waals surface area (Å²) in [6, 6.07) is 14.4. The molecule has 2 aromatic rings. The van der Waals surface area contributed by atoms with E-state index in [0.29, 0.717) is 13.2 Å². The molecule has 2 aromatic carbocycles. The topological polar surface area (TPSA) is 30.5 Å². The summed E-state index contributed by atoms with van der Waals surface area (Å²) in [7, 11) is 1.67. The van der Waals surface area contributed by atoms with Crippen molar-refractivity contribution in [2.45, 2.75) is 20.4 Å². The van der Waals surface area contributed by atoms with Crippen LogP contribution in [0.15, 0.2) is 42.5 Å². The summed E-state index contributed by atoms with van der Waals surface area (Å²) in [4.78, 5) is 0. The lowest BCUT2D eigenvalue weighted by Gasteiger charge is -2.12. The maximum atomic E-state index is 5.55. The highest BCUT2D eigenvalue weighted by Gasteiger charge is 2.02. The van der Waals surface area contributed by atoms with Crippen molar-refractivity contribution < 1.29 is 9.47 Å². The van der Waals surface area contributed by atoms with E-state index >= 15 is 0 Å². The molecule has 112 valence electrons. The summed E-state index contributed by atoms with van der Waals surface area (Å²) < 4.78 is 10.5. The highest BCUT2D eigenvalue weighted by molar-refractivity contribution is 5.48. The van der Waals surface area contributed by atoms with Gasteiger partial charge < -0.3 is 14.8 Å². The Bertz CT molecular complexity index is 544. The van der Waals surface area contributed by atoms with Gasteiger partial charge in [0, 0.05) is 19.3 Å². The second kappa shape index (κ2) is 7.70. The largest absolute Gasteiger partial charge is 0.491 e. The van der Waals surface area contributed by atoms with Crippen molar-refractivity contribution in [3.05, 3.63) is 59.2 Å². The Morgan fingerprint density at radius 2 is 1.57 bits per heavy atom. The molecule has 0 aromatic heterocycles. The quantitative estimate of drug-likeness (QED) is 0.782. The van der Waals surface area contributed by atoms with E-state index in [1.165, 1.54) is 16.7 Å². The molecule has 0 fully saturated rings. The fraction of sp³-hybridized carbons (Fsp3) is 0.333. The number of methoxy groups -OCH3 is 1. The lowest BCUT2D eigenvalue weighted by atomic mass is 10.0. The Morgan fingerprint density at radius 3 is 2.19 bits per heavy atom. The number of ether oxygens (including phenoxy) is 2. The van der Waals surface area contributed by atoms with Crippen LogP contribution in [0.4, 0.5) is 5.69 Å². The maximum Gasteiger partial charge on any atom is 0.119 e. The number of rotatable bonds is 7. The van der Waals surface area contributed by atoms with Gasteiger partial charge in [0.05, 0.1) is 6.61 Å². The van der Waals surface area contributed by atoms with Gasteiger partial charge in [-0.3, -0.25) is 0 Å². The Hall–Kier alpha value is -2.00. The first-order valence-electron chi connectivity index (χ1n) is 7.21. The molecular formula is C18H23NO2. The van der Waals surface area contributed by atoms with Gasteiger partial charge in [-0.05, 0) is 54.8 Å². The molecule has 3 heteroatoms. The zero-order chi connectivity index (χ0) is 15.1. The monoisotopic (exact) mass is 285 g/mol. The Labute approximate surface area is 126 Å². The molecule has 1 N–H and O–H groups in total. The van der Waals surface area contributed by atoms with Crippen molar-refractivity contribution in [3.8, 4) is 5.75 Å². The molecule has 0 bridgehead atoms. The van der Waals surface area contributed by atoms with E-state index in [1.54, 1.807) is 7.11 Å². The molecule has 0 radical (unpaired) electrons. The molecule has 0 saturated carbocycles. The normalized spacial score (nSPS) is 10.4. The van der Waals surface area contributed by atoms with Crippen molar-refractivity contribution in [3.63, 3.8) is 0 Å². The summed E-state index contributed by atoms with van der Waals surface area (Å²) in [6.45, 7) is 6.31. The second-order valence-electron chi connectivity index (χ2n) is 5.09. The summed E-state index contributed by atoms with van der Waals surface area (Å²) in [5.41, 5.74) is 5.10. The minimum atomic E-state index is 0.575. The van der Waals surface area contributed by atoms with E-state index in [4.69, 9.17) is 9.47 Å². The Kier molecular flexibility index (Phi) is 5.64. The number of aryl methyl sites for hydroxylation is 2. The van der Waals surface area contributed by atoms with Crippen LogP contribution in [0, 0.1) is 13.8 Å². The minimum Gasteiger partial charge on any atom is -0.491 e. The summed E-state index contributed by atoms with van der Waals surface area (Å²) in [6.07, 6.45) is 0. The van der Waals surface area contributed by atoms with Gasteiger partial charge in [0.15, 0.2) is 0 Å².